The highest BCUT2D eigenvalue weighted by Gasteiger charge is 2.15. The van der Waals surface area contributed by atoms with Crippen LogP contribution in [0.2, 0.25) is 0 Å². The van der Waals surface area contributed by atoms with Gasteiger partial charge in [-0.1, -0.05) is 12.1 Å². The quantitative estimate of drug-likeness (QED) is 0.550. The van der Waals surface area contributed by atoms with Gasteiger partial charge in [-0.15, -0.1) is 11.3 Å². The third-order valence-corrected chi connectivity index (χ3v) is 5.69. The molecule has 0 fully saturated rings. The first-order valence-corrected chi connectivity index (χ1v) is 9.66. The van der Waals surface area contributed by atoms with Gasteiger partial charge in [0.25, 0.3) is 5.91 Å². The summed E-state index contributed by atoms with van der Waals surface area (Å²) in [4.78, 5) is 23.2. The number of ether oxygens (including phenoxy) is 1. The molecule has 2 N–H and O–H groups in total. The lowest BCUT2D eigenvalue weighted by Crippen LogP contribution is -2.17. The van der Waals surface area contributed by atoms with Gasteiger partial charge in [-0.2, -0.15) is 0 Å². The summed E-state index contributed by atoms with van der Waals surface area (Å²) in [6.45, 7) is 2.03. The average molecular weight is 389 g/mol. The second-order valence-corrected chi connectivity index (χ2v) is 7.67. The minimum absolute atomic E-state index is 0.231. The van der Waals surface area contributed by atoms with Crippen molar-refractivity contribution in [2.75, 3.05) is 7.11 Å². The molecule has 0 unspecified atom stereocenters. The van der Waals surface area contributed by atoms with Crippen molar-refractivity contribution in [3.05, 3.63) is 76.4 Å². The molecule has 4 rings (SSSR count). The fourth-order valence-electron chi connectivity index (χ4n) is 3.18. The highest BCUT2D eigenvalue weighted by molar-refractivity contribution is 7.15. The number of benzene rings is 2. The minimum atomic E-state index is -0.559. The van der Waals surface area contributed by atoms with Crippen LogP contribution in [-0.2, 0) is 6.42 Å². The van der Waals surface area contributed by atoms with Crippen LogP contribution in [0.15, 0.2) is 54.6 Å². The molecular weight excluding hydrogens is 370 g/mol. The molecule has 28 heavy (non-hydrogen) atoms. The molecule has 1 amide bonds. The number of hydrogen-bond donors (Lipinski definition) is 1. The van der Waals surface area contributed by atoms with Gasteiger partial charge < -0.3 is 10.5 Å². The van der Waals surface area contributed by atoms with Gasteiger partial charge in [-0.3, -0.25) is 4.79 Å². The highest BCUT2D eigenvalue weighted by Crippen LogP contribution is 2.32. The van der Waals surface area contributed by atoms with Gasteiger partial charge in [-0.25, -0.2) is 9.97 Å². The Morgan fingerprint density at radius 3 is 2.50 bits per heavy atom. The fraction of sp³-hybridized carbons (Fsp3) is 0.136. The second kappa shape index (κ2) is 7.40. The molecular formula is C22H19N3O2S. The van der Waals surface area contributed by atoms with E-state index in [0.717, 1.165) is 32.1 Å². The Morgan fingerprint density at radius 1 is 1.07 bits per heavy atom. The number of nitrogens with zero attached hydrogens (tertiary/aromatic N) is 2. The van der Waals surface area contributed by atoms with Gasteiger partial charge in [-0.05, 0) is 60.5 Å². The van der Waals surface area contributed by atoms with Crippen LogP contribution in [0, 0.1) is 6.92 Å². The summed E-state index contributed by atoms with van der Waals surface area (Å²) in [5.41, 5.74) is 10.0. The zero-order chi connectivity index (χ0) is 19.7. The number of fused-ring (bicyclic) bond motifs is 1. The van der Waals surface area contributed by atoms with E-state index in [2.05, 4.69) is 28.2 Å². The third-order valence-electron chi connectivity index (χ3n) is 4.56. The standard InChI is InChI=1S/C22H19N3O2S/c1-13-11-14(7-9-19(13)27-2)20-10-8-15(28-20)12-18-21(22(23)26)25-17-6-4-3-5-16(17)24-18/h3-11H,12H2,1-2H3,(H2,23,26). The summed E-state index contributed by atoms with van der Waals surface area (Å²) in [7, 11) is 1.67. The highest BCUT2D eigenvalue weighted by atomic mass is 32.1. The number of carbonyl (C=O) groups excluding carboxylic acids is 1. The Hall–Kier alpha value is -3.25. The van der Waals surface area contributed by atoms with Crippen molar-refractivity contribution >= 4 is 28.3 Å². The van der Waals surface area contributed by atoms with E-state index in [0.29, 0.717) is 17.6 Å². The van der Waals surface area contributed by atoms with Crippen LogP contribution in [0.4, 0.5) is 0 Å². The number of aromatic nitrogens is 2. The van der Waals surface area contributed by atoms with E-state index in [1.807, 2.05) is 43.3 Å². The number of para-hydroxylation sites is 2. The molecule has 2 aromatic carbocycles. The van der Waals surface area contributed by atoms with E-state index in [1.165, 1.54) is 0 Å². The van der Waals surface area contributed by atoms with E-state index < -0.39 is 5.91 Å². The number of thiophene rings is 1. The first-order chi connectivity index (χ1) is 13.5. The molecule has 0 saturated carbocycles. The van der Waals surface area contributed by atoms with Gasteiger partial charge in [0.1, 0.15) is 5.75 Å². The lowest BCUT2D eigenvalue weighted by Gasteiger charge is -2.07. The van der Waals surface area contributed by atoms with E-state index in [4.69, 9.17) is 10.5 Å². The van der Waals surface area contributed by atoms with Gasteiger partial charge >= 0.3 is 0 Å². The SMILES string of the molecule is COc1ccc(-c2ccc(Cc3nc4ccccc4nc3C(N)=O)s2)cc1C. The van der Waals surface area contributed by atoms with Gasteiger partial charge in [0.2, 0.25) is 0 Å². The number of nitrogens with two attached hydrogens (primary N) is 1. The lowest BCUT2D eigenvalue weighted by atomic mass is 10.1. The van der Waals surface area contributed by atoms with Crippen molar-refractivity contribution in [3.63, 3.8) is 0 Å². The summed E-state index contributed by atoms with van der Waals surface area (Å²) in [5.74, 6) is 0.314. The molecule has 140 valence electrons. The zero-order valence-corrected chi connectivity index (χ0v) is 16.4. The molecule has 0 radical (unpaired) electrons. The Balaban J connectivity index is 1.68. The maximum absolute atomic E-state index is 11.9. The Morgan fingerprint density at radius 2 is 1.82 bits per heavy atom. The summed E-state index contributed by atoms with van der Waals surface area (Å²) >= 11 is 1.67. The van der Waals surface area contributed by atoms with Crippen molar-refractivity contribution < 1.29 is 9.53 Å². The summed E-state index contributed by atoms with van der Waals surface area (Å²) in [6.07, 6.45) is 0.510. The molecule has 0 spiro atoms. The molecule has 2 aromatic heterocycles. The third kappa shape index (κ3) is 3.46. The van der Waals surface area contributed by atoms with Crippen LogP contribution < -0.4 is 10.5 Å². The molecule has 0 bridgehead atoms. The van der Waals surface area contributed by atoms with Gasteiger partial charge in [0.15, 0.2) is 5.69 Å². The van der Waals surface area contributed by atoms with Crippen LogP contribution >= 0.6 is 11.3 Å². The maximum atomic E-state index is 11.9. The Bertz CT molecular complexity index is 1180. The average Bonchev–Trinajstić information content (AvgIpc) is 3.15. The minimum Gasteiger partial charge on any atom is -0.496 e. The molecule has 0 aliphatic rings. The predicted molar refractivity (Wildman–Crippen MR) is 112 cm³/mol. The van der Waals surface area contributed by atoms with Crippen LogP contribution in [0.3, 0.4) is 0 Å². The van der Waals surface area contributed by atoms with Crippen LogP contribution in [0.5, 0.6) is 5.75 Å². The zero-order valence-electron chi connectivity index (χ0n) is 15.6. The predicted octanol–water partition coefficient (Wildman–Crippen LogP) is 4.37. The summed E-state index contributed by atoms with van der Waals surface area (Å²) in [6, 6.07) is 17.8. The van der Waals surface area contributed by atoms with Gasteiger partial charge in [0, 0.05) is 16.2 Å². The van der Waals surface area contributed by atoms with Gasteiger partial charge in [0.05, 0.1) is 23.8 Å². The molecule has 0 saturated heterocycles. The maximum Gasteiger partial charge on any atom is 0.269 e. The lowest BCUT2D eigenvalue weighted by molar-refractivity contribution is 0.0994. The molecule has 0 aliphatic heterocycles. The topological polar surface area (TPSA) is 78.1 Å². The first-order valence-electron chi connectivity index (χ1n) is 8.84. The Labute approximate surface area is 166 Å². The Kier molecular flexibility index (Phi) is 4.79. The molecule has 0 atom stereocenters. The molecule has 0 aliphatic carbocycles. The van der Waals surface area contributed by atoms with Crippen molar-refractivity contribution in [1.29, 1.82) is 0 Å². The fourth-order valence-corrected chi connectivity index (χ4v) is 4.19. The second-order valence-electron chi connectivity index (χ2n) is 6.50. The number of amides is 1. The smallest absolute Gasteiger partial charge is 0.269 e. The normalized spacial score (nSPS) is 10.9. The number of aryl methyl sites for hydroxylation is 1. The van der Waals surface area contributed by atoms with E-state index in [-0.39, 0.29) is 5.69 Å². The van der Waals surface area contributed by atoms with Crippen LogP contribution in [0.25, 0.3) is 21.5 Å². The number of rotatable bonds is 5. The van der Waals surface area contributed by atoms with E-state index >= 15 is 0 Å². The molecule has 5 nitrogen and oxygen atoms in total. The van der Waals surface area contributed by atoms with Crippen LogP contribution in [0.1, 0.15) is 26.6 Å². The van der Waals surface area contributed by atoms with E-state index in [9.17, 15) is 4.79 Å². The number of carbonyl (C=O) groups is 1. The number of hydrogen-bond acceptors (Lipinski definition) is 5. The first kappa shape index (κ1) is 18.1. The molecule has 4 aromatic rings. The van der Waals surface area contributed by atoms with Crippen molar-refractivity contribution in [2.45, 2.75) is 13.3 Å². The van der Waals surface area contributed by atoms with Crippen LogP contribution in [-0.4, -0.2) is 23.0 Å². The summed E-state index contributed by atoms with van der Waals surface area (Å²) in [5, 5.41) is 0. The molecule has 2 heterocycles. The summed E-state index contributed by atoms with van der Waals surface area (Å²) < 4.78 is 5.34. The monoisotopic (exact) mass is 389 g/mol. The van der Waals surface area contributed by atoms with Crippen molar-refractivity contribution in [3.8, 4) is 16.2 Å². The van der Waals surface area contributed by atoms with Crippen molar-refractivity contribution in [1.82, 2.24) is 9.97 Å². The largest absolute Gasteiger partial charge is 0.496 e. The molecule has 6 heteroatoms. The number of methoxy groups -OCH3 is 1. The van der Waals surface area contributed by atoms with Crippen molar-refractivity contribution in [2.24, 2.45) is 5.73 Å². The number of primary amides is 1. The van der Waals surface area contributed by atoms with E-state index in [1.54, 1.807) is 18.4 Å².